The third-order valence-electron chi connectivity index (χ3n) is 14.7. The number of para-hydroxylation sites is 1. The van der Waals surface area contributed by atoms with Crippen LogP contribution in [-0.4, -0.2) is 11.8 Å². The average molecular weight is 829 g/mol. The van der Waals surface area contributed by atoms with Gasteiger partial charge < -0.3 is 18.7 Å². The summed E-state index contributed by atoms with van der Waals surface area (Å²) < 4.78 is 15.9. The van der Waals surface area contributed by atoms with E-state index in [0.29, 0.717) is 0 Å². The van der Waals surface area contributed by atoms with Gasteiger partial charge in [0, 0.05) is 66.3 Å². The van der Waals surface area contributed by atoms with Crippen molar-refractivity contribution in [3.05, 3.63) is 162 Å². The molecule has 0 saturated heterocycles. The lowest BCUT2D eigenvalue weighted by atomic mass is 9.59. The van der Waals surface area contributed by atoms with Crippen molar-refractivity contribution in [1.82, 2.24) is 4.57 Å². The van der Waals surface area contributed by atoms with E-state index in [-0.39, 0.29) is 16.2 Å². The number of hydrogen-bond acceptors (Lipinski definition) is 3. The van der Waals surface area contributed by atoms with Crippen molar-refractivity contribution in [3.63, 3.8) is 0 Å². The molecule has 0 spiro atoms. The van der Waals surface area contributed by atoms with E-state index in [4.69, 9.17) is 8.83 Å². The van der Waals surface area contributed by atoms with Crippen LogP contribution in [0, 0.1) is 0 Å². The summed E-state index contributed by atoms with van der Waals surface area (Å²) in [4.78, 5) is 0. The van der Waals surface area contributed by atoms with E-state index in [9.17, 15) is 0 Å². The Morgan fingerprint density at radius 1 is 0.500 bits per heavy atom. The number of benzene rings is 8. The number of nitrogens with zero attached hydrogens (tertiary/aromatic N) is 1. The number of aromatic nitrogens is 1. The Kier molecular flexibility index (Phi) is 7.40. The lowest BCUT2D eigenvalue weighted by molar-refractivity contribution is 0.587. The molecule has 8 aromatic carbocycles. The smallest absolute Gasteiger partial charge is 0.198 e. The van der Waals surface area contributed by atoms with E-state index in [2.05, 4.69) is 205 Å². The van der Waals surface area contributed by atoms with Crippen LogP contribution in [0.5, 0.6) is 0 Å². The molecule has 11 aromatic rings. The van der Waals surface area contributed by atoms with Crippen molar-refractivity contribution in [1.29, 1.82) is 0 Å². The van der Waals surface area contributed by atoms with Crippen molar-refractivity contribution < 1.29 is 8.83 Å². The highest BCUT2D eigenvalue weighted by Crippen LogP contribution is 2.51. The first-order valence-electron chi connectivity index (χ1n) is 22.8. The maximum Gasteiger partial charge on any atom is 0.198 e. The van der Waals surface area contributed by atoms with E-state index < -0.39 is 0 Å². The number of fused-ring (bicyclic) bond motifs is 14. The molecule has 0 atom stereocenters. The molecule has 310 valence electrons. The molecule has 0 unspecified atom stereocenters. The fourth-order valence-electron chi connectivity index (χ4n) is 11.2. The van der Waals surface area contributed by atoms with Crippen molar-refractivity contribution in [2.75, 3.05) is 5.32 Å². The zero-order chi connectivity index (χ0) is 43.6. The SMILES string of the molecule is CC(C)(C)c1ccc(Nc2cc3oc4cc(C(C)(C)C)ccc4c3cc2-c2ccc3c4cc5c(cc4n4c3c2Bc2cc3oc6ccccc6c3cc2-4)-c2ccccc2C5(C)C)cc1. The lowest BCUT2D eigenvalue weighted by Gasteiger charge is -2.24. The quantitative estimate of drug-likeness (QED) is 0.180. The molecule has 1 aliphatic carbocycles. The molecule has 4 nitrogen and oxygen atoms in total. The Hall–Kier alpha value is -6.98. The summed E-state index contributed by atoms with van der Waals surface area (Å²) in [6.07, 6.45) is 0. The minimum absolute atomic E-state index is 0.00428. The van der Waals surface area contributed by atoms with Gasteiger partial charge in [0.05, 0.1) is 11.2 Å². The zero-order valence-electron chi connectivity index (χ0n) is 37.7. The number of nitrogens with one attached hydrogen (secondary N) is 1. The lowest BCUT2D eigenvalue weighted by Crippen LogP contribution is -2.37. The van der Waals surface area contributed by atoms with E-state index in [1.165, 1.54) is 77.4 Å². The van der Waals surface area contributed by atoms with Crippen molar-refractivity contribution >= 4 is 95.3 Å². The van der Waals surface area contributed by atoms with Crippen LogP contribution in [0.3, 0.4) is 0 Å². The highest BCUT2D eigenvalue weighted by atomic mass is 16.3. The Labute approximate surface area is 373 Å². The van der Waals surface area contributed by atoms with Crippen LogP contribution in [0.1, 0.15) is 77.6 Å². The summed E-state index contributed by atoms with van der Waals surface area (Å²) in [7, 11) is 0.762. The van der Waals surface area contributed by atoms with Crippen LogP contribution in [0.4, 0.5) is 11.4 Å². The summed E-state index contributed by atoms with van der Waals surface area (Å²) in [6, 6.07) is 52.1. The van der Waals surface area contributed by atoms with Gasteiger partial charge in [0.1, 0.15) is 22.3 Å². The second kappa shape index (κ2) is 12.6. The second-order valence-electron chi connectivity index (χ2n) is 21.1. The third kappa shape index (κ3) is 5.24. The van der Waals surface area contributed by atoms with Crippen LogP contribution >= 0.6 is 0 Å². The Bertz CT molecular complexity index is 3820. The molecule has 13 rings (SSSR count). The molecule has 0 fully saturated rings. The normalized spacial score (nSPS) is 14.2. The minimum Gasteiger partial charge on any atom is -0.456 e. The van der Waals surface area contributed by atoms with Gasteiger partial charge in [0.2, 0.25) is 0 Å². The maximum absolute atomic E-state index is 6.76. The van der Waals surface area contributed by atoms with Crippen LogP contribution in [0.15, 0.2) is 148 Å². The Balaban J connectivity index is 1.11. The van der Waals surface area contributed by atoms with E-state index >= 15 is 0 Å². The summed E-state index contributed by atoms with van der Waals surface area (Å²) in [5.74, 6) is 0. The van der Waals surface area contributed by atoms with Crippen LogP contribution < -0.4 is 16.2 Å². The Morgan fingerprint density at radius 3 is 1.98 bits per heavy atom. The van der Waals surface area contributed by atoms with Crippen molar-refractivity contribution in [2.24, 2.45) is 0 Å². The highest BCUT2D eigenvalue weighted by molar-refractivity contribution is 6.73. The molecule has 1 N–H and O–H groups in total. The van der Waals surface area contributed by atoms with Gasteiger partial charge in [-0.25, -0.2) is 0 Å². The van der Waals surface area contributed by atoms with Gasteiger partial charge >= 0.3 is 0 Å². The molecule has 4 heterocycles. The van der Waals surface area contributed by atoms with E-state index in [1.807, 2.05) is 0 Å². The first kappa shape index (κ1) is 37.6. The summed E-state index contributed by atoms with van der Waals surface area (Å²) in [5, 5.41) is 11.0. The van der Waals surface area contributed by atoms with Crippen LogP contribution in [-0.2, 0) is 16.2 Å². The summed E-state index contributed by atoms with van der Waals surface area (Å²) in [5.41, 5.74) is 22.3. The third-order valence-corrected chi connectivity index (χ3v) is 14.7. The molecule has 1 aliphatic heterocycles. The zero-order valence-corrected chi connectivity index (χ0v) is 37.7. The molecule has 0 saturated carbocycles. The predicted octanol–water partition coefficient (Wildman–Crippen LogP) is 14.6. The number of rotatable bonds is 3. The predicted molar refractivity (Wildman–Crippen MR) is 272 cm³/mol. The number of furan rings is 2. The molecular formula is C59H49BN2O2. The second-order valence-corrected chi connectivity index (χ2v) is 21.1. The van der Waals surface area contributed by atoms with E-state index in [1.54, 1.807) is 0 Å². The van der Waals surface area contributed by atoms with Gasteiger partial charge in [-0.3, -0.25) is 0 Å². The molecule has 0 radical (unpaired) electrons. The van der Waals surface area contributed by atoms with Gasteiger partial charge in [-0.1, -0.05) is 140 Å². The minimum atomic E-state index is -0.112. The summed E-state index contributed by atoms with van der Waals surface area (Å²) >= 11 is 0. The van der Waals surface area contributed by atoms with Gasteiger partial charge in [0.25, 0.3) is 0 Å². The molecule has 0 amide bonds. The van der Waals surface area contributed by atoms with Crippen LogP contribution in [0.25, 0.3) is 93.6 Å². The molecule has 5 heteroatoms. The first-order valence-corrected chi connectivity index (χ1v) is 22.8. The van der Waals surface area contributed by atoms with Crippen molar-refractivity contribution in [2.45, 2.75) is 71.6 Å². The van der Waals surface area contributed by atoms with E-state index in [0.717, 1.165) is 68.1 Å². The highest BCUT2D eigenvalue weighted by Gasteiger charge is 2.37. The standard InChI is InChI=1S/C59H49BN2O2/c1-57(2,3)32-17-20-34(21-18-32)61-48-31-54-43(37-22-19-33(58(4,5)6)25-52(37)64-54)26-41(48)38-23-24-39-42-27-46-40(35-13-9-11-15-45(35)59(46,7)8)28-49(42)62-50-29-44-36-14-10-12-16-51(36)63-53(44)30-47(50)60-55(38)56(39)62/h9-31,60-61H,1-8H3. The number of anilines is 2. The fourth-order valence-corrected chi connectivity index (χ4v) is 11.2. The van der Waals surface area contributed by atoms with Crippen molar-refractivity contribution in [3.8, 4) is 27.9 Å². The Morgan fingerprint density at radius 2 is 1.17 bits per heavy atom. The van der Waals surface area contributed by atoms with Gasteiger partial charge in [-0.2, -0.15) is 0 Å². The molecule has 64 heavy (non-hydrogen) atoms. The fraction of sp³-hybridized carbons (Fsp3) is 0.186. The average Bonchev–Trinajstić information content (AvgIpc) is 3.98. The number of hydrogen-bond donors (Lipinski definition) is 1. The summed E-state index contributed by atoms with van der Waals surface area (Å²) in [6.45, 7) is 18.3. The molecule has 3 aromatic heterocycles. The van der Waals surface area contributed by atoms with Gasteiger partial charge in [0.15, 0.2) is 7.28 Å². The van der Waals surface area contributed by atoms with Gasteiger partial charge in [-0.05, 0) is 110 Å². The molecule has 0 bridgehead atoms. The first-order chi connectivity index (χ1) is 30.7. The largest absolute Gasteiger partial charge is 0.456 e. The van der Waals surface area contributed by atoms with Gasteiger partial charge in [-0.15, -0.1) is 0 Å². The van der Waals surface area contributed by atoms with Crippen LogP contribution in [0.2, 0.25) is 0 Å². The topological polar surface area (TPSA) is 43.2 Å². The molecule has 2 aliphatic rings. The monoisotopic (exact) mass is 828 g/mol. The molecular weight excluding hydrogens is 779 g/mol. The maximum atomic E-state index is 6.76.